The van der Waals surface area contributed by atoms with E-state index in [4.69, 9.17) is 15.7 Å². The van der Waals surface area contributed by atoms with Crippen LogP contribution in [0.25, 0.3) is 0 Å². The van der Waals surface area contributed by atoms with Gasteiger partial charge in [0.25, 0.3) is 0 Å². The Morgan fingerprint density at radius 3 is 2.86 bits per heavy atom. The lowest BCUT2D eigenvalue weighted by Gasteiger charge is -2.18. The summed E-state index contributed by atoms with van der Waals surface area (Å²) in [5.41, 5.74) is 7.51. The van der Waals surface area contributed by atoms with Crippen LogP contribution >= 0.6 is 0 Å². The summed E-state index contributed by atoms with van der Waals surface area (Å²) >= 11 is 0. The average molecular weight is 291 g/mol. The second-order valence-corrected chi connectivity index (χ2v) is 6.05. The number of rotatable bonds is 5. The molecule has 1 unspecified atom stereocenters. The van der Waals surface area contributed by atoms with E-state index >= 15 is 0 Å². The van der Waals surface area contributed by atoms with Crippen LogP contribution in [0, 0.1) is 11.8 Å². The van der Waals surface area contributed by atoms with Gasteiger partial charge in [-0.3, -0.25) is 4.90 Å². The highest BCUT2D eigenvalue weighted by atomic mass is 16.5. The fraction of sp³-hybridized carbons (Fsp3) is 0.562. The minimum Gasteiger partial charge on any atom is -0.496 e. The molecule has 1 aliphatic heterocycles. The molecule has 21 heavy (non-hydrogen) atoms. The van der Waals surface area contributed by atoms with Gasteiger partial charge in [-0.05, 0) is 42.5 Å². The van der Waals surface area contributed by atoms with Crippen molar-refractivity contribution >= 4 is 5.84 Å². The highest BCUT2D eigenvalue weighted by Crippen LogP contribution is 2.26. The largest absolute Gasteiger partial charge is 0.496 e. The van der Waals surface area contributed by atoms with Gasteiger partial charge in [-0.15, -0.1) is 0 Å². The maximum Gasteiger partial charge on any atom is 0.173 e. The van der Waals surface area contributed by atoms with Crippen LogP contribution in [0.4, 0.5) is 0 Å². The third-order valence-electron chi connectivity index (χ3n) is 4.31. The Hall–Kier alpha value is -1.75. The second kappa shape index (κ2) is 6.80. The number of benzene rings is 1. The zero-order chi connectivity index (χ0) is 15.4. The van der Waals surface area contributed by atoms with Crippen molar-refractivity contribution in [3.63, 3.8) is 0 Å². The van der Waals surface area contributed by atoms with Crippen LogP contribution < -0.4 is 10.5 Å². The second-order valence-electron chi connectivity index (χ2n) is 6.05. The van der Waals surface area contributed by atoms with Crippen molar-refractivity contribution < 1.29 is 9.94 Å². The molecule has 1 saturated heterocycles. The Bertz CT molecular complexity index is 514. The lowest BCUT2D eigenvalue weighted by atomic mass is 9.95. The standard InChI is InChI=1S/C16H25N3O2/c1-11(2)13-6-7-19(10-13)9-12-4-5-15(21-3)14(8-12)16(17)18-20/h4-5,8,11,13,20H,6-7,9-10H2,1-3H3,(H2,17,18). The van der Waals surface area contributed by atoms with Crippen molar-refractivity contribution in [2.24, 2.45) is 22.7 Å². The molecule has 0 bridgehead atoms. The topological polar surface area (TPSA) is 71.1 Å². The molecule has 0 aliphatic carbocycles. The van der Waals surface area contributed by atoms with Gasteiger partial charge in [0.15, 0.2) is 5.84 Å². The third kappa shape index (κ3) is 3.67. The Morgan fingerprint density at radius 2 is 2.29 bits per heavy atom. The fourth-order valence-corrected chi connectivity index (χ4v) is 2.92. The normalized spacial score (nSPS) is 20.2. The SMILES string of the molecule is COc1ccc(CN2CCC(C(C)C)C2)cc1/C(N)=N/O. The molecule has 2 rings (SSSR count). The number of nitrogens with zero attached hydrogens (tertiary/aromatic N) is 2. The van der Waals surface area contributed by atoms with Gasteiger partial charge < -0.3 is 15.7 Å². The molecule has 1 atom stereocenters. The Kier molecular flexibility index (Phi) is 5.07. The van der Waals surface area contributed by atoms with E-state index in [2.05, 4.69) is 23.9 Å². The van der Waals surface area contributed by atoms with Crippen LogP contribution in [0.3, 0.4) is 0 Å². The zero-order valence-electron chi connectivity index (χ0n) is 13.0. The van der Waals surface area contributed by atoms with Crippen LogP contribution in [-0.4, -0.2) is 36.1 Å². The number of likely N-dealkylation sites (tertiary alicyclic amines) is 1. The molecule has 5 nitrogen and oxygen atoms in total. The van der Waals surface area contributed by atoms with Gasteiger partial charge >= 0.3 is 0 Å². The number of ether oxygens (including phenoxy) is 1. The van der Waals surface area contributed by atoms with E-state index in [1.165, 1.54) is 6.42 Å². The minimum absolute atomic E-state index is 0.0789. The summed E-state index contributed by atoms with van der Waals surface area (Å²) in [6.07, 6.45) is 1.26. The fourth-order valence-electron chi connectivity index (χ4n) is 2.92. The van der Waals surface area contributed by atoms with Crippen LogP contribution in [0.1, 0.15) is 31.4 Å². The van der Waals surface area contributed by atoms with Gasteiger partial charge in [0.05, 0.1) is 12.7 Å². The first-order valence-electron chi connectivity index (χ1n) is 7.42. The van der Waals surface area contributed by atoms with Gasteiger partial charge in [-0.1, -0.05) is 25.1 Å². The highest BCUT2D eigenvalue weighted by molar-refractivity contribution is 5.99. The Morgan fingerprint density at radius 1 is 1.52 bits per heavy atom. The molecular weight excluding hydrogens is 266 g/mol. The number of nitrogens with two attached hydrogens (primary N) is 1. The third-order valence-corrected chi connectivity index (χ3v) is 4.31. The van der Waals surface area contributed by atoms with Gasteiger partial charge in [0.2, 0.25) is 0 Å². The molecule has 1 heterocycles. The average Bonchev–Trinajstić information content (AvgIpc) is 2.95. The smallest absolute Gasteiger partial charge is 0.173 e. The number of amidine groups is 1. The summed E-state index contributed by atoms with van der Waals surface area (Å²) in [5, 5.41) is 12.0. The van der Waals surface area contributed by atoms with E-state index in [1.807, 2.05) is 18.2 Å². The van der Waals surface area contributed by atoms with E-state index in [9.17, 15) is 0 Å². The van der Waals surface area contributed by atoms with Crippen molar-refractivity contribution in [3.05, 3.63) is 29.3 Å². The summed E-state index contributed by atoms with van der Waals surface area (Å²) < 4.78 is 5.26. The predicted molar refractivity (Wildman–Crippen MR) is 83.7 cm³/mol. The van der Waals surface area contributed by atoms with Gasteiger partial charge in [-0.25, -0.2) is 0 Å². The van der Waals surface area contributed by atoms with Gasteiger partial charge in [0.1, 0.15) is 5.75 Å². The molecule has 1 aromatic carbocycles. The van der Waals surface area contributed by atoms with Crippen LogP contribution in [0.2, 0.25) is 0 Å². The van der Waals surface area contributed by atoms with Crippen molar-refractivity contribution in [2.45, 2.75) is 26.8 Å². The van der Waals surface area contributed by atoms with Crippen molar-refractivity contribution in [3.8, 4) is 5.75 Å². The number of methoxy groups -OCH3 is 1. The minimum atomic E-state index is 0.0789. The summed E-state index contributed by atoms with van der Waals surface area (Å²) in [6, 6.07) is 5.85. The molecule has 0 aromatic heterocycles. The van der Waals surface area contributed by atoms with Crippen LogP contribution in [0.15, 0.2) is 23.4 Å². The van der Waals surface area contributed by atoms with Gasteiger partial charge in [0, 0.05) is 13.1 Å². The van der Waals surface area contributed by atoms with Gasteiger partial charge in [-0.2, -0.15) is 0 Å². The molecule has 0 spiro atoms. The molecule has 0 saturated carbocycles. The van der Waals surface area contributed by atoms with E-state index in [-0.39, 0.29) is 5.84 Å². The molecule has 1 aliphatic rings. The highest BCUT2D eigenvalue weighted by Gasteiger charge is 2.24. The van der Waals surface area contributed by atoms with Crippen molar-refractivity contribution in [2.75, 3.05) is 20.2 Å². The lowest BCUT2D eigenvalue weighted by molar-refractivity contribution is 0.296. The molecular formula is C16H25N3O2. The summed E-state index contributed by atoms with van der Waals surface area (Å²) in [5.74, 6) is 2.22. The first kappa shape index (κ1) is 15.6. The lowest BCUT2D eigenvalue weighted by Crippen LogP contribution is -2.22. The van der Waals surface area contributed by atoms with Crippen molar-refractivity contribution in [1.82, 2.24) is 4.90 Å². The zero-order valence-corrected chi connectivity index (χ0v) is 13.0. The Balaban J connectivity index is 2.11. The van der Waals surface area contributed by atoms with Crippen molar-refractivity contribution in [1.29, 1.82) is 0 Å². The van der Waals surface area contributed by atoms with Crippen LogP contribution in [0.5, 0.6) is 5.75 Å². The first-order chi connectivity index (χ1) is 10.0. The predicted octanol–water partition coefficient (Wildman–Crippen LogP) is 2.27. The van der Waals surface area contributed by atoms with E-state index in [0.717, 1.165) is 37.0 Å². The first-order valence-corrected chi connectivity index (χ1v) is 7.42. The quantitative estimate of drug-likeness (QED) is 0.378. The van der Waals surface area contributed by atoms with E-state index < -0.39 is 0 Å². The van der Waals surface area contributed by atoms with Crippen LogP contribution in [-0.2, 0) is 6.54 Å². The molecule has 116 valence electrons. The molecule has 0 amide bonds. The summed E-state index contributed by atoms with van der Waals surface area (Å²) in [6.45, 7) is 7.74. The summed E-state index contributed by atoms with van der Waals surface area (Å²) in [7, 11) is 1.58. The number of oxime groups is 1. The Labute approximate surface area is 126 Å². The molecule has 3 N–H and O–H groups in total. The molecule has 0 radical (unpaired) electrons. The monoisotopic (exact) mass is 291 g/mol. The van der Waals surface area contributed by atoms with E-state index in [0.29, 0.717) is 11.3 Å². The molecule has 1 fully saturated rings. The number of hydrogen-bond acceptors (Lipinski definition) is 4. The van der Waals surface area contributed by atoms with E-state index in [1.54, 1.807) is 7.11 Å². The maximum atomic E-state index is 8.88. The number of hydrogen-bond donors (Lipinski definition) is 2. The molecule has 5 heteroatoms. The summed E-state index contributed by atoms with van der Waals surface area (Å²) in [4.78, 5) is 2.46. The maximum absolute atomic E-state index is 8.88. The molecule has 1 aromatic rings.